The topological polar surface area (TPSA) is 73.0 Å². The third kappa shape index (κ3) is 5.02. The van der Waals surface area contributed by atoms with E-state index in [1.54, 1.807) is 4.90 Å². The fourth-order valence-electron chi connectivity index (χ4n) is 4.48. The smallest absolute Gasteiger partial charge is 0.250 e. The molecule has 7 heteroatoms. The number of hydrogen-bond acceptors (Lipinski definition) is 4. The second-order valence-electron chi connectivity index (χ2n) is 8.89. The Bertz CT molecular complexity index is 774. The first-order valence-corrected chi connectivity index (χ1v) is 11.6. The van der Waals surface area contributed by atoms with E-state index in [1.165, 1.54) is 0 Å². The first kappa shape index (κ1) is 23.1. The monoisotopic (exact) mass is 428 g/mol. The number of likely N-dealkylation sites (tertiary alicyclic amines) is 1. The van der Waals surface area contributed by atoms with Crippen LogP contribution in [0.1, 0.15) is 52.9 Å². The molecular weight excluding hydrogens is 392 g/mol. The van der Waals surface area contributed by atoms with Crippen molar-refractivity contribution in [1.82, 2.24) is 15.1 Å². The zero-order valence-corrected chi connectivity index (χ0v) is 19.1. The lowest BCUT2D eigenvalue weighted by atomic mass is 9.85. The summed E-state index contributed by atoms with van der Waals surface area (Å²) >= 11 is 0. The molecule has 1 atom stereocenters. The van der Waals surface area contributed by atoms with Gasteiger partial charge in [0.25, 0.3) is 5.91 Å². The van der Waals surface area contributed by atoms with Gasteiger partial charge in [-0.25, -0.2) is 0 Å². The average molecular weight is 429 g/mol. The van der Waals surface area contributed by atoms with Crippen molar-refractivity contribution in [3.63, 3.8) is 0 Å². The summed E-state index contributed by atoms with van der Waals surface area (Å²) in [6, 6.07) is 9.91. The molecule has 1 unspecified atom stereocenters. The highest BCUT2D eigenvalue weighted by Crippen LogP contribution is 2.39. The number of carbonyl (C=O) groups excluding carboxylic acids is 3. The van der Waals surface area contributed by atoms with Gasteiger partial charge >= 0.3 is 0 Å². The summed E-state index contributed by atoms with van der Waals surface area (Å²) in [5, 5.41) is 2.96. The van der Waals surface area contributed by atoms with Crippen molar-refractivity contribution >= 4 is 23.4 Å². The third-order valence-corrected chi connectivity index (χ3v) is 6.67. The Kier molecular flexibility index (Phi) is 7.57. The van der Waals surface area contributed by atoms with E-state index >= 15 is 0 Å². The van der Waals surface area contributed by atoms with Crippen molar-refractivity contribution < 1.29 is 14.4 Å². The summed E-state index contributed by atoms with van der Waals surface area (Å²) in [7, 11) is 0. The molecule has 1 N–H and O–H groups in total. The van der Waals surface area contributed by atoms with Gasteiger partial charge in [-0.15, -0.1) is 0 Å². The van der Waals surface area contributed by atoms with Crippen LogP contribution in [0, 0.1) is 5.92 Å². The maximum absolute atomic E-state index is 13.6. The minimum absolute atomic E-state index is 0.00219. The molecule has 0 aromatic heterocycles. The Morgan fingerprint density at radius 2 is 1.81 bits per heavy atom. The van der Waals surface area contributed by atoms with Gasteiger partial charge in [-0.05, 0) is 37.3 Å². The largest absolute Gasteiger partial charge is 0.354 e. The van der Waals surface area contributed by atoms with E-state index in [-0.39, 0.29) is 24.3 Å². The lowest BCUT2D eigenvalue weighted by molar-refractivity contribution is -0.140. The molecule has 0 bridgehead atoms. The molecule has 0 aliphatic carbocycles. The zero-order valence-electron chi connectivity index (χ0n) is 19.1. The van der Waals surface area contributed by atoms with Crippen LogP contribution in [-0.4, -0.2) is 65.9 Å². The molecule has 0 saturated carbocycles. The van der Waals surface area contributed by atoms with Crippen molar-refractivity contribution in [2.45, 2.75) is 58.4 Å². The molecule has 3 rings (SSSR count). The Labute approximate surface area is 185 Å². The fourth-order valence-corrected chi connectivity index (χ4v) is 4.48. The molecule has 2 saturated heterocycles. The van der Waals surface area contributed by atoms with Gasteiger partial charge in [-0.1, -0.05) is 45.4 Å². The van der Waals surface area contributed by atoms with E-state index in [2.05, 4.69) is 24.1 Å². The first-order valence-electron chi connectivity index (χ1n) is 11.6. The molecule has 1 spiro atoms. The van der Waals surface area contributed by atoms with Crippen LogP contribution in [0.3, 0.4) is 0 Å². The number of nitrogens with one attached hydrogen (secondary N) is 1. The molecule has 1 aromatic carbocycles. The number of amides is 3. The van der Waals surface area contributed by atoms with E-state index in [0.717, 1.165) is 18.5 Å². The van der Waals surface area contributed by atoms with E-state index in [4.69, 9.17) is 0 Å². The highest BCUT2D eigenvalue weighted by Gasteiger charge is 2.54. The lowest BCUT2D eigenvalue weighted by Crippen LogP contribution is -2.57. The van der Waals surface area contributed by atoms with Gasteiger partial charge in [0, 0.05) is 31.7 Å². The Morgan fingerprint density at radius 3 is 2.42 bits per heavy atom. The van der Waals surface area contributed by atoms with Gasteiger partial charge < -0.3 is 20.0 Å². The van der Waals surface area contributed by atoms with Crippen molar-refractivity contribution in [2.24, 2.45) is 5.92 Å². The summed E-state index contributed by atoms with van der Waals surface area (Å²) in [5.74, 6) is 0.456. The molecule has 1 aromatic rings. The number of rotatable bonds is 8. The Morgan fingerprint density at radius 1 is 1.13 bits per heavy atom. The van der Waals surface area contributed by atoms with Crippen molar-refractivity contribution in [2.75, 3.05) is 37.7 Å². The minimum Gasteiger partial charge on any atom is -0.354 e. The van der Waals surface area contributed by atoms with Gasteiger partial charge in [-0.2, -0.15) is 0 Å². The minimum atomic E-state index is -0.693. The summed E-state index contributed by atoms with van der Waals surface area (Å²) in [4.78, 5) is 44.2. The number of hydrogen-bond donors (Lipinski definition) is 1. The van der Waals surface area contributed by atoms with Gasteiger partial charge in [0.2, 0.25) is 11.8 Å². The van der Waals surface area contributed by atoms with Crippen LogP contribution in [0.15, 0.2) is 30.3 Å². The highest BCUT2D eigenvalue weighted by atomic mass is 16.2. The number of anilines is 1. The van der Waals surface area contributed by atoms with Crippen LogP contribution >= 0.6 is 0 Å². The molecule has 2 aliphatic heterocycles. The molecule has 3 amide bonds. The standard InChI is InChI=1S/C24H36N4O3/c1-4-9-22(30)26-14-12-24(13-15-26)23(31)27(17-21(29)25-16-19(3)5-2)18-28(24)20-10-7-6-8-11-20/h6-8,10-11,19H,4-5,9,12-18H2,1-3H3,(H,25,29). The third-order valence-electron chi connectivity index (χ3n) is 6.67. The SMILES string of the molecule is CCCC(=O)N1CCC2(CC1)C(=O)N(CC(=O)NCC(C)CC)CN2c1ccccc1. The quantitative estimate of drug-likeness (QED) is 0.691. The molecule has 31 heavy (non-hydrogen) atoms. The van der Waals surface area contributed by atoms with E-state index in [9.17, 15) is 14.4 Å². The predicted octanol–water partition coefficient (Wildman–Crippen LogP) is 2.62. The molecular formula is C24H36N4O3. The fraction of sp³-hybridized carbons (Fsp3) is 0.625. The molecule has 2 fully saturated rings. The second kappa shape index (κ2) is 10.2. The lowest BCUT2D eigenvalue weighted by Gasteiger charge is -2.43. The van der Waals surface area contributed by atoms with Crippen LogP contribution < -0.4 is 10.2 Å². The van der Waals surface area contributed by atoms with Crippen molar-refractivity contribution in [3.05, 3.63) is 30.3 Å². The number of benzene rings is 1. The molecule has 170 valence electrons. The summed E-state index contributed by atoms with van der Waals surface area (Å²) in [6.07, 6.45) is 3.55. The van der Waals surface area contributed by atoms with E-state index < -0.39 is 5.54 Å². The van der Waals surface area contributed by atoms with Crippen LogP contribution in [0.25, 0.3) is 0 Å². The molecule has 2 aliphatic rings. The normalized spacial score (nSPS) is 19.1. The van der Waals surface area contributed by atoms with Gasteiger partial charge in [0.15, 0.2) is 0 Å². The molecule has 2 heterocycles. The van der Waals surface area contributed by atoms with Crippen molar-refractivity contribution in [3.8, 4) is 0 Å². The predicted molar refractivity (Wildman–Crippen MR) is 121 cm³/mol. The van der Waals surface area contributed by atoms with Crippen LogP contribution in [-0.2, 0) is 14.4 Å². The Balaban J connectivity index is 1.75. The van der Waals surface area contributed by atoms with E-state index in [0.29, 0.717) is 51.5 Å². The number of nitrogens with zero attached hydrogens (tertiary/aromatic N) is 3. The van der Waals surface area contributed by atoms with Crippen LogP contribution in [0.4, 0.5) is 5.69 Å². The summed E-state index contributed by atoms with van der Waals surface area (Å²) in [5.41, 5.74) is 0.285. The molecule has 7 nitrogen and oxygen atoms in total. The number of piperidine rings is 1. The second-order valence-corrected chi connectivity index (χ2v) is 8.89. The average Bonchev–Trinajstić information content (AvgIpc) is 3.04. The summed E-state index contributed by atoms with van der Waals surface area (Å²) in [6.45, 7) is 8.43. The maximum atomic E-state index is 13.6. The van der Waals surface area contributed by atoms with Gasteiger partial charge in [0.1, 0.15) is 12.1 Å². The molecule has 0 radical (unpaired) electrons. The number of para-hydroxylation sites is 1. The van der Waals surface area contributed by atoms with Crippen LogP contribution in [0.2, 0.25) is 0 Å². The Hall–Kier alpha value is -2.57. The highest BCUT2D eigenvalue weighted by molar-refractivity contribution is 5.96. The zero-order chi connectivity index (χ0) is 22.4. The summed E-state index contributed by atoms with van der Waals surface area (Å²) < 4.78 is 0. The maximum Gasteiger partial charge on any atom is 0.250 e. The first-order chi connectivity index (χ1) is 14.9. The van der Waals surface area contributed by atoms with Gasteiger partial charge in [-0.3, -0.25) is 14.4 Å². The van der Waals surface area contributed by atoms with Gasteiger partial charge in [0.05, 0.1) is 6.67 Å². The van der Waals surface area contributed by atoms with Crippen LogP contribution in [0.5, 0.6) is 0 Å². The van der Waals surface area contributed by atoms with Crippen molar-refractivity contribution in [1.29, 1.82) is 0 Å². The van der Waals surface area contributed by atoms with E-state index in [1.807, 2.05) is 42.2 Å². The number of carbonyl (C=O) groups is 3.